The number of nitrogens with zero attached hydrogens (tertiary/aromatic N) is 2. The first-order chi connectivity index (χ1) is 6.29. The van der Waals surface area contributed by atoms with Crippen LogP contribution in [0.4, 0.5) is 0 Å². The fourth-order valence-corrected chi connectivity index (χ4v) is 1.35. The molecule has 0 unspecified atom stereocenters. The highest BCUT2D eigenvalue weighted by Crippen LogP contribution is 2.06. The van der Waals surface area contributed by atoms with Crippen LogP contribution in [0.3, 0.4) is 0 Å². The van der Waals surface area contributed by atoms with E-state index < -0.39 is 0 Å². The van der Waals surface area contributed by atoms with E-state index in [2.05, 4.69) is 35.6 Å². The Hall–Kier alpha value is -0.830. The zero-order chi connectivity index (χ0) is 9.68. The maximum atomic E-state index is 4.26. The summed E-state index contributed by atoms with van der Waals surface area (Å²) in [6.45, 7) is 9.42. The molecule has 0 spiro atoms. The third kappa shape index (κ3) is 2.56. The lowest BCUT2D eigenvalue weighted by Crippen LogP contribution is -2.28. The van der Waals surface area contributed by atoms with Gasteiger partial charge in [0, 0.05) is 25.0 Å². The smallest absolute Gasteiger partial charge is 0.122 e. The molecule has 74 valence electrons. The molecule has 3 heteroatoms. The van der Waals surface area contributed by atoms with Crippen LogP contribution in [0, 0.1) is 6.92 Å². The Kier molecular flexibility index (Phi) is 3.96. The van der Waals surface area contributed by atoms with Crippen molar-refractivity contribution >= 4 is 0 Å². The molecule has 0 radical (unpaired) electrons. The van der Waals surface area contributed by atoms with Gasteiger partial charge < -0.3 is 9.88 Å². The Morgan fingerprint density at radius 1 is 1.54 bits per heavy atom. The van der Waals surface area contributed by atoms with Gasteiger partial charge in [0.25, 0.3) is 0 Å². The summed E-state index contributed by atoms with van der Waals surface area (Å²) in [5.74, 6) is 1.17. The minimum atomic E-state index is 0.924. The number of imidazole rings is 1. The number of rotatable bonds is 0. The van der Waals surface area contributed by atoms with Gasteiger partial charge in [-0.3, -0.25) is 0 Å². The van der Waals surface area contributed by atoms with E-state index in [9.17, 15) is 0 Å². The van der Waals surface area contributed by atoms with Gasteiger partial charge in [-0.05, 0) is 6.92 Å². The third-order valence-electron chi connectivity index (χ3n) is 1.93. The number of aryl methyl sites for hydroxylation is 1. The van der Waals surface area contributed by atoms with Crippen LogP contribution in [0.25, 0.3) is 0 Å². The molecule has 1 aliphatic rings. The molecule has 0 amide bonds. The minimum absolute atomic E-state index is 0.924. The topological polar surface area (TPSA) is 29.9 Å². The van der Waals surface area contributed by atoms with Crippen LogP contribution >= 0.6 is 0 Å². The van der Waals surface area contributed by atoms with Gasteiger partial charge in [0.15, 0.2) is 0 Å². The van der Waals surface area contributed by atoms with E-state index in [1.54, 1.807) is 0 Å². The van der Waals surface area contributed by atoms with Gasteiger partial charge in [0.05, 0.1) is 6.54 Å². The number of nitrogens with one attached hydrogen (secondary N) is 1. The van der Waals surface area contributed by atoms with Crippen LogP contribution in [0.5, 0.6) is 0 Å². The maximum absolute atomic E-state index is 4.26. The summed E-state index contributed by atoms with van der Waals surface area (Å²) in [6, 6.07) is 0. The van der Waals surface area contributed by atoms with Crippen molar-refractivity contribution in [3.63, 3.8) is 0 Å². The third-order valence-corrected chi connectivity index (χ3v) is 1.93. The molecule has 0 saturated heterocycles. The van der Waals surface area contributed by atoms with Gasteiger partial charge in [-0.1, -0.05) is 20.3 Å². The molecule has 0 aliphatic carbocycles. The van der Waals surface area contributed by atoms with Crippen molar-refractivity contribution in [2.45, 2.75) is 40.3 Å². The van der Waals surface area contributed by atoms with Crippen molar-refractivity contribution in [3.8, 4) is 0 Å². The van der Waals surface area contributed by atoms with Gasteiger partial charge in [0.1, 0.15) is 5.82 Å². The molecule has 0 aromatic carbocycles. The summed E-state index contributed by atoms with van der Waals surface area (Å²) in [4.78, 5) is 4.26. The van der Waals surface area contributed by atoms with Gasteiger partial charge in [-0.15, -0.1) is 0 Å². The lowest BCUT2D eigenvalue weighted by atomic mass is 10.4. The SMILES string of the molecule is CCC.Cc1cnc2n1CCNC2. The van der Waals surface area contributed by atoms with Crippen molar-refractivity contribution < 1.29 is 0 Å². The summed E-state index contributed by atoms with van der Waals surface area (Å²) >= 11 is 0. The van der Waals surface area contributed by atoms with Crippen molar-refractivity contribution in [3.05, 3.63) is 17.7 Å². The van der Waals surface area contributed by atoms with E-state index in [4.69, 9.17) is 0 Å². The summed E-state index contributed by atoms with van der Waals surface area (Å²) in [5.41, 5.74) is 1.27. The standard InChI is InChI=1S/C7H11N3.C3H8/c1-6-4-9-7-5-8-2-3-10(6)7;1-3-2/h4,8H,2-3,5H2,1H3;3H2,1-2H3. The average Bonchev–Trinajstić information content (AvgIpc) is 2.50. The molecule has 1 aromatic rings. The highest BCUT2D eigenvalue weighted by Gasteiger charge is 2.09. The average molecular weight is 181 g/mol. The van der Waals surface area contributed by atoms with Crippen molar-refractivity contribution in [2.75, 3.05) is 6.54 Å². The largest absolute Gasteiger partial charge is 0.330 e. The summed E-state index contributed by atoms with van der Waals surface area (Å²) in [7, 11) is 0. The predicted octanol–water partition coefficient (Wildman–Crippen LogP) is 1.71. The van der Waals surface area contributed by atoms with Gasteiger partial charge in [-0.25, -0.2) is 4.98 Å². The number of hydrogen-bond acceptors (Lipinski definition) is 2. The molecule has 0 fully saturated rings. The molecule has 1 N–H and O–H groups in total. The number of hydrogen-bond donors (Lipinski definition) is 1. The molecule has 1 aliphatic heterocycles. The fraction of sp³-hybridized carbons (Fsp3) is 0.700. The molecular formula is C10H19N3. The van der Waals surface area contributed by atoms with E-state index in [1.807, 2.05) is 6.20 Å². The van der Waals surface area contributed by atoms with Crippen LogP contribution in [-0.4, -0.2) is 16.1 Å². The van der Waals surface area contributed by atoms with E-state index in [-0.39, 0.29) is 0 Å². The molecule has 1 aromatic heterocycles. The number of aromatic nitrogens is 2. The molecule has 2 rings (SSSR count). The van der Waals surface area contributed by atoms with E-state index in [1.165, 1.54) is 17.9 Å². The first-order valence-electron chi connectivity index (χ1n) is 5.01. The maximum Gasteiger partial charge on any atom is 0.122 e. The molecule has 0 bridgehead atoms. The number of fused-ring (bicyclic) bond motifs is 1. The van der Waals surface area contributed by atoms with E-state index in [0.29, 0.717) is 0 Å². The fourth-order valence-electron chi connectivity index (χ4n) is 1.35. The Labute approximate surface area is 80.2 Å². The second-order valence-corrected chi connectivity index (χ2v) is 3.35. The summed E-state index contributed by atoms with van der Waals surface area (Å²) in [5, 5.41) is 3.27. The Balaban J connectivity index is 0.000000251. The van der Waals surface area contributed by atoms with Gasteiger partial charge in [-0.2, -0.15) is 0 Å². The summed E-state index contributed by atoms with van der Waals surface area (Å²) < 4.78 is 2.26. The molecule has 3 nitrogen and oxygen atoms in total. The second kappa shape index (κ2) is 5.02. The molecule has 2 heterocycles. The zero-order valence-electron chi connectivity index (χ0n) is 8.80. The van der Waals surface area contributed by atoms with E-state index in [0.717, 1.165) is 19.6 Å². The molecular weight excluding hydrogens is 162 g/mol. The Morgan fingerprint density at radius 3 is 2.85 bits per heavy atom. The Bertz CT molecular complexity index is 253. The van der Waals surface area contributed by atoms with Gasteiger partial charge in [0.2, 0.25) is 0 Å². The van der Waals surface area contributed by atoms with Crippen molar-refractivity contribution in [2.24, 2.45) is 0 Å². The summed E-state index contributed by atoms with van der Waals surface area (Å²) in [6.07, 6.45) is 3.18. The van der Waals surface area contributed by atoms with Gasteiger partial charge >= 0.3 is 0 Å². The first-order valence-corrected chi connectivity index (χ1v) is 5.01. The lowest BCUT2D eigenvalue weighted by Gasteiger charge is -2.15. The minimum Gasteiger partial charge on any atom is -0.330 e. The first kappa shape index (κ1) is 10.3. The highest BCUT2D eigenvalue weighted by molar-refractivity contribution is 5.04. The van der Waals surface area contributed by atoms with Crippen LogP contribution in [0.2, 0.25) is 0 Å². The van der Waals surface area contributed by atoms with Crippen molar-refractivity contribution in [1.82, 2.24) is 14.9 Å². The molecule has 13 heavy (non-hydrogen) atoms. The highest BCUT2D eigenvalue weighted by atomic mass is 15.1. The van der Waals surface area contributed by atoms with Crippen LogP contribution in [-0.2, 0) is 13.1 Å². The van der Waals surface area contributed by atoms with Crippen LogP contribution < -0.4 is 5.32 Å². The van der Waals surface area contributed by atoms with Crippen molar-refractivity contribution in [1.29, 1.82) is 0 Å². The molecule has 0 saturated carbocycles. The predicted molar refractivity (Wildman–Crippen MR) is 54.6 cm³/mol. The normalized spacial score (nSPS) is 14.4. The quantitative estimate of drug-likeness (QED) is 0.660. The van der Waals surface area contributed by atoms with Crippen LogP contribution in [0.1, 0.15) is 31.8 Å². The molecule has 0 atom stereocenters. The van der Waals surface area contributed by atoms with E-state index >= 15 is 0 Å². The zero-order valence-corrected chi connectivity index (χ0v) is 8.80. The lowest BCUT2D eigenvalue weighted by molar-refractivity contribution is 0.499. The second-order valence-electron chi connectivity index (χ2n) is 3.35. The monoisotopic (exact) mass is 181 g/mol. The van der Waals surface area contributed by atoms with Crippen LogP contribution in [0.15, 0.2) is 6.20 Å². The Morgan fingerprint density at radius 2 is 2.23 bits per heavy atom.